The zero-order chi connectivity index (χ0) is 37.6. The highest BCUT2D eigenvalue weighted by Crippen LogP contribution is 2.29. The number of nitrogens with one attached hydrogen (secondary N) is 3. The van der Waals surface area contributed by atoms with Crippen LogP contribution in [0, 0.1) is 11.3 Å². The van der Waals surface area contributed by atoms with E-state index in [1.807, 2.05) is 90.9 Å². The quantitative estimate of drug-likeness (QED) is 0.140. The third-order valence-electron chi connectivity index (χ3n) is 9.08. The van der Waals surface area contributed by atoms with Gasteiger partial charge in [-0.1, -0.05) is 109 Å². The molecule has 3 aromatic carbocycles. The van der Waals surface area contributed by atoms with Gasteiger partial charge in [-0.3, -0.25) is 14.4 Å². The van der Waals surface area contributed by atoms with Crippen LogP contribution in [-0.4, -0.2) is 63.3 Å². The Balaban J connectivity index is 1.80. The largest absolute Gasteiger partial charge is 0.399 e. The van der Waals surface area contributed by atoms with Crippen LogP contribution in [0.2, 0.25) is 0 Å². The van der Waals surface area contributed by atoms with E-state index in [9.17, 15) is 22.8 Å². The Bertz CT molecular complexity index is 1780. The summed E-state index contributed by atoms with van der Waals surface area (Å²) in [5, 5.41) is 6.17. The molecule has 3 rings (SSSR count). The predicted octanol–water partition coefficient (Wildman–Crippen LogP) is 5.27. The Morgan fingerprint density at radius 3 is 1.82 bits per heavy atom. The molecule has 3 amide bonds. The van der Waals surface area contributed by atoms with Crippen LogP contribution >= 0.6 is 0 Å². The number of carbonyl (C=O) groups is 3. The summed E-state index contributed by atoms with van der Waals surface area (Å²) in [5.74, 6) is -1.61. The van der Waals surface area contributed by atoms with Gasteiger partial charge in [0.15, 0.2) is 0 Å². The Labute approximate surface area is 298 Å². The maximum Gasteiger partial charge on any atom is 0.264 e. The number of hydrogen-bond acceptors (Lipinski definition) is 7. The molecular formula is C39H53N5O5S. The first-order valence-corrected chi connectivity index (χ1v) is 18.2. The molecule has 270 valence electrons. The van der Waals surface area contributed by atoms with Gasteiger partial charge in [0, 0.05) is 23.7 Å². The van der Waals surface area contributed by atoms with Crippen molar-refractivity contribution in [3.05, 3.63) is 96.1 Å². The van der Waals surface area contributed by atoms with Crippen LogP contribution in [0.5, 0.6) is 0 Å². The molecule has 0 saturated carbocycles. The minimum absolute atomic E-state index is 0.0652. The van der Waals surface area contributed by atoms with Crippen LogP contribution in [0.1, 0.15) is 61.0 Å². The number of amides is 3. The number of sulfonamides is 1. The fraction of sp³-hybridized carbons (Fsp3) is 0.410. The van der Waals surface area contributed by atoms with Gasteiger partial charge < -0.3 is 21.3 Å². The predicted molar refractivity (Wildman–Crippen MR) is 200 cm³/mol. The summed E-state index contributed by atoms with van der Waals surface area (Å²) in [4.78, 5) is 42.7. The van der Waals surface area contributed by atoms with Crippen LogP contribution in [0.3, 0.4) is 0 Å². The van der Waals surface area contributed by atoms with Gasteiger partial charge in [0.2, 0.25) is 11.8 Å². The molecule has 50 heavy (non-hydrogen) atoms. The summed E-state index contributed by atoms with van der Waals surface area (Å²) in [5.41, 5.74) is 7.90. The van der Waals surface area contributed by atoms with Crippen molar-refractivity contribution in [1.29, 1.82) is 0 Å². The van der Waals surface area contributed by atoms with Crippen LogP contribution in [0.15, 0.2) is 95.4 Å². The Morgan fingerprint density at radius 1 is 0.820 bits per heavy atom. The average Bonchev–Trinajstić information content (AvgIpc) is 3.05. The van der Waals surface area contributed by atoms with E-state index >= 15 is 0 Å². The molecule has 0 aliphatic rings. The molecule has 0 bridgehead atoms. The lowest BCUT2D eigenvalue weighted by Crippen LogP contribution is -2.61. The van der Waals surface area contributed by atoms with Crippen molar-refractivity contribution < 1.29 is 22.8 Å². The lowest BCUT2D eigenvalue weighted by molar-refractivity contribution is -0.140. The SMILES string of the molecule is CN[C@H](C(=O)N[C@H](C(=O)N(C)[C@H](/C=C(\C)C(=O)NS(=O)(=O)c1ccc(-c2ccc(N)cc2)cc1)C(C)C)C(C)(C)C)C(C)(C)c1ccccc1. The molecule has 3 atom stereocenters. The summed E-state index contributed by atoms with van der Waals surface area (Å²) >= 11 is 0. The minimum atomic E-state index is -4.19. The normalized spacial score (nSPS) is 14.4. The third-order valence-corrected chi connectivity index (χ3v) is 10.4. The number of nitrogen functional groups attached to an aromatic ring is 1. The fourth-order valence-corrected chi connectivity index (χ4v) is 6.94. The number of benzene rings is 3. The number of likely N-dealkylation sites (N-methyl/N-ethyl adjacent to an activating group) is 2. The molecule has 0 radical (unpaired) electrons. The summed E-state index contributed by atoms with van der Waals surface area (Å²) in [7, 11) is -0.838. The fourth-order valence-electron chi connectivity index (χ4n) is 5.93. The van der Waals surface area contributed by atoms with Gasteiger partial charge in [-0.15, -0.1) is 0 Å². The number of carbonyl (C=O) groups excluding carboxylic acids is 3. The van der Waals surface area contributed by atoms with Gasteiger partial charge in [-0.05, 0) is 66.3 Å². The van der Waals surface area contributed by atoms with Gasteiger partial charge >= 0.3 is 0 Å². The van der Waals surface area contributed by atoms with E-state index in [-0.39, 0.29) is 28.2 Å². The second-order valence-corrected chi connectivity index (χ2v) is 16.4. The molecule has 0 aromatic heterocycles. The third kappa shape index (κ3) is 9.60. The van der Waals surface area contributed by atoms with Gasteiger partial charge in [0.1, 0.15) is 6.04 Å². The highest BCUT2D eigenvalue weighted by Gasteiger charge is 2.41. The topological polar surface area (TPSA) is 151 Å². The number of nitrogens with two attached hydrogens (primary N) is 1. The van der Waals surface area contributed by atoms with Crippen molar-refractivity contribution in [2.24, 2.45) is 11.3 Å². The zero-order valence-corrected chi connectivity index (χ0v) is 31.7. The highest BCUT2D eigenvalue weighted by molar-refractivity contribution is 7.90. The van der Waals surface area contributed by atoms with E-state index in [1.54, 1.807) is 44.4 Å². The van der Waals surface area contributed by atoms with Crippen molar-refractivity contribution in [1.82, 2.24) is 20.3 Å². The number of anilines is 1. The second-order valence-electron chi connectivity index (χ2n) is 14.7. The van der Waals surface area contributed by atoms with Crippen LogP contribution < -0.4 is 21.1 Å². The Morgan fingerprint density at radius 2 is 1.34 bits per heavy atom. The number of hydrogen-bond donors (Lipinski definition) is 4. The molecule has 3 aromatic rings. The standard InChI is InChI=1S/C39H53N5O5S/c1-25(2)32(24-26(3)35(45)43-50(48,49)31-22-18-28(19-23-31)27-16-20-30(40)21-17-27)44(10)37(47)34(38(4,5)6)42-36(46)33(41-9)39(7,8)29-14-12-11-13-15-29/h11-25,32-34,41H,40H2,1-10H3,(H,42,46)(H,43,45)/b26-24+/t32-,33-,34-/m1/s1. The van der Waals surface area contributed by atoms with Crippen molar-refractivity contribution in [2.75, 3.05) is 19.8 Å². The average molecular weight is 704 g/mol. The maximum absolute atomic E-state index is 14.2. The minimum Gasteiger partial charge on any atom is -0.399 e. The number of rotatable bonds is 13. The molecule has 0 spiro atoms. The molecule has 5 N–H and O–H groups in total. The molecule has 0 aliphatic heterocycles. The monoisotopic (exact) mass is 703 g/mol. The molecule has 0 fully saturated rings. The molecule has 11 heteroatoms. The molecule has 0 aliphatic carbocycles. The molecule has 0 unspecified atom stereocenters. The van der Waals surface area contributed by atoms with E-state index in [4.69, 9.17) is 5.73 Å². The number of nitrogens with zero attached hydrogens (tertiary/aromatic N) is 1. The van der Waals surface area contributed by atoms with E-state index in [1.165, 1.54) is 24.0 Å². The highest BCUT2D eigenvalue weighted by atomic mass is 32.2. The summed E-state index contributed by atoms with van der Waals surface area (Å²) in [6, 6.07) is 21.0. The second kappa shape index (κ2) is 16.0. The van der Waals surface area contributed by atoms with Gasteiger partial charge in [-0.2, -0.15) is 0 Å². The van der Waals surface area contributed by atoms with E-state index in [0.717, 1.165) is 16.7 Å². The first-order chi connectivity index (χ1) is 23.2. The van der Waals surface area contributed by atoms with Crippen LogP contribution in [0.4, 0.5) is 5.69 Å². The van der Waals surface area contributed by atoms with Crippen molar-refractivity contribution in [3.63, 3.8) is 0 Å². The van der Waals surface area contributed by atoms with Crippen molar-refractivity contribution in [3.8, 4) is 11.1 Å². The first-order valence-electron chi connectivity index (χ1n) is 16.7. The zero-order valence-electron chi connectivity index (χ0n) is 30.9. The van der Waals surface area contributed by atoms with Crippen molar-refractivity contribution >= 4 is 33.4 Å². The maximum atomic E-state index is 14.2. The van der Waals surface area contributed by atoms with E-state index in [2.05, 4.69) is 15.4 Å². The lowest BCUT2D eigenvalue weighted by Gasteiger charge is -2.40. The summed E-state index contributed by atoms with van der Waals surface area (Å²) in [6.07, 6.45) is 1.59. The molecule has 10 nitrogen and oxygen atoms in total. The first kappa shape index (κ1) is 40.0. The molecule has 0 heterocycles. The van der Waals surface area contributed by atoms with E-state index < -0.39 is 44.9 Å². The smallest absolute Gasteiger partial charge is 0.264 e. The Hall–Kier alpha value is -4.48. The van der Waals surface area contributed by atoms with E-state index in [0.29, 0.717) is 5.69 Å². The lowest BCUT2D eigenvalue weighted by atomic mass is 9.76. The van der Waals surface area contributed by atoms with Gasteiger partial charge in [-0.25, -0.2) is 13.1 Å². The Kier molecular flexibility index (Phi) is 12.8. The van der Waals surface area contributed by atoms with Crippen molar-refractivity contribution in [2.45, 2.75) is 83.8 Å². The molecular weight excluding hydrogens is 651 g/mol. The van der Waals surface area contributed by atoms with Crippen LogP contribution in [-0.2, 0) is 29.8 Å². The molecule has 0 saturated heterocycles. The van der Waals surface area contributed by atoms with Gasteiger partial charge in [0.25, 0.3) is 15.9 Å². The van der Waals surface area contributed by atoms with Crippen LogP contribution in [0.25, 0.3) is 11.1 Å². The summed E-state index contributed by atoms with van der Waals surface area (Å²) in [6.45, 7) is 14.9. The summed E-state index contributed by atoms with van der Waals surface area (Å²) < 4.78 is 28.5. The van der Waals surface area contributed by atoms with Gasteiger partial charge in [0.05, 0.1) is 17.0 Å².